The van der Waals surface area contributed by atoms with Crippen molar-refractivity contribution in [1.29, 1.82) is 0 Å². The van der Waals surface area contributed by atoms with Crippen molar-refractivity contribution in [3.8, 4) is 0 Å². The molecule has 5 nitrogen and oxygen atoms in total. The van der Waals surface area contributed by atoms with Gasteiger partial charge in [-0.2, -0.15) is 0 Å². The SMILES string of the molecule is Cc1ccc(C(=O)O/N=C(\Cn2ccnc2)c2ccc3ccccc3c2)cc1. The third-order valence-electron chi connectivity index (χ3n) is 4.50. The van der Waals surface area contributed by atoms with Crippen molar-refractivity contribution in [2.75, 3.05) is 0 Å². The van der Waals surface area contributed by atoms with Gasteiger partial charge in [0.25, 0.3) is 0 Å². The highest BCUT2D eigenvalue weighted by Gasteiger charge is 2.11. The zero-order valence-corrected chi connectivity index (χ0v) is 15.4. The number of rotatable bonds is 5. The van der Waals surface area contributed by atoms with E-state index in [0.717, 1.165) is 21.9 Å². The Morgan fingerprint density at radius 1 is 1.00 bits per heavy atom. The van der Waals surface area contributed by atoms with Crippen LogP contribution in [0.1, 0.15) is 21.5 Å². The molecular formula is C23H19N3O2. The number of nitrogens with zero attached hydrogens (tertiary/aromatic N) is 3. The van der Waals surface area contributed by atoms with Gasteiger partial charge in [-0.25, -0.2) is 9.78 Å². The summed E-state index contributed by atoms with van der Waals surface area (Å²) in [5.74, 6) is -0.482. The van der Waals surface area contributed by atoms with Crippen molar-refractivity contribution in [2.24, 2.45) is 5.16 Å². The molecule has 5 heteroatoms. The van der Waals surface area contributed by atoms with E-state index < -0.39 is 5.97 Å². The van der Waals surface area contributed by atoms with Crippen LogP contribution in [-0.2, 0) is 11.4 Å². The van der Waals surface area contributed by atoms with Crippen LogP contribution in [-0.4, -0.2) is 21.2 Å². The summed E-state index contributed by atoms with van der Waals surface area (Å²) in [7, 11) is 0. The van der Waals surface area contributed by atoms with E-state index in [9.17, 15) is 4.79 Å². The van der Waals surface area contributed by atoms with Crippen LogP contribution in [0.3, 0.4) is 0 Å². The second-order valence-corrected chi connectivity index (χ2v) is 6.58. The number of carbonyl (C=O) groups excluding carboxylic acids is 1. The normalized spacial score (nSPS) is 11.5. The summed E-state index contributed by atoms with van der Waals surface area (Å²) in [6.45, 7) is 2.41. The highest BCUT2D eigenvalue weighted by molar-refractivity contribution is 6.03. The smallest absolute Gasteiger partial charge is 0.331 e. The fraction of sp³-hybridized carbons (Fsp3) is 0.0870. The largest absolute Gasteiger partial charge is 0.365 e. The predicted molar refractivity (Wildman–Crippen MR) is 109 cm³/mol. The van der Waals surface area contributed by atoms with Gasteiger partial charge >= 0.3 is 5.97 Å². The Balaban J connectivity index is 1.64. The number of benzene rings is 3. The van der Waals surface area contributed by atoms with Crippen LogP contribution in [0.5, 0.6) is 0 Å². The van der Waals surface area contributed by atoms with Crippen LogP contribution >= 0.6 is 0 Å². The Bertz CT molecular complexity index is 1130. The lowest BCUT2D eigenvalue weighted by Gasteiger charge is -2.09. The number of imidazole rings is 1. The molecule has 0 aliphatic rings. The fourth-order valence-corrected chi connectivity index (χ4v) is 2.93. The first kappa shape index (κ1) is 17.7. The van der Waals surface area contributed by atoms with Gasteiger partial charge in [0.15, 0.2) is 0 Å². The number of aryl methyl sites for hydroxylation is 1. The molecule has 0 saturated carbocycles. The molecule has 0 aliphatic heterocycles. The first-order valence-electron chi connectivity index (χ1n) is 8.99. The average Bonchev–Trinajstić information content (AvgIpc) is 3.24. The van der Waals surface area contributed by atoms with Crippen LogP contribution < -0.4 is 0 Å². The number of carbonyl (C=O) groups is 1. The van der Waals surface area contributed by atoms with E-state index in [1.165, 1.54) is 0 Å². The van der Waals surface area contributed by atoms with Gasteiger partial charge < -0.3 is 9.40 Å². The van der Waals surface area contributed by atoms with E-state index in [-0.39, 0.29) is 0 Å². The molecule has 0 saturated heterocycles. The van der Waals surface area contributed by atoms with Crippen LogP contribution in [0.2, 0.25) is 0 Å². The Morgan fingerprint density at radius 2 is 1.75 bits per heavy atom. The number of aromatic nitrogens is 2. The van der Waals surface area contributed by atoms with Crippen LogP contribution in [0.4, 0.5) is 0 Å². The molecule has 1 aromatic heterocycles. The molecule has 1 heterocycles. The monoisotopic (exact) mass is 369 g/mol. The molecule has 0 amide bonds. The Morgan fingerprint density at radius 3 is 2.50 bits per heavy atom. The minimum Gasteiger partial charge on any atom is -0.331 e. The lowest BCUT2D eigenvalue weighted by atomic mass is 10.0. The van der Waals surface area contributed by atoms with E-state index in [0.29, 0.717) is 17.8 Å². The molecule has 138 valence electrons. The molecule has 0 N–H and O–H groups in total. The van der Waals surface area contributed by atoms with E-state index >= 15 is 0 Å². The van der Waals surface area contributed by atoms with Gasteiger partial charge in [0, 0.05) is 18.0 Å². The lowest BCUT2D eigenvalue weighted by molar-refractivity contribution is 0.0515. The van der Waals surface area contributed by atoms with Gasteiger partial charge in [-0.15, -0.1) is 0 Å². The molecule has 0 bridgehead atoms. The highest BCUT2D eigenvalue weighted by Crippen LogP contribution is 2.17. The van der Waals surface area contributed by atoms with Crippen molar-refractivity contribution in [3.05, 3.63) is 102 Å². The maximum absolute atomic E-state index is 12.4. The topological polar surface area (TPSA) is 56.5 Å². The van der Waals surface area contributed by atoms with Crippen molar-refractivity contribution in [2.45, 2.75) is 13.5 Å². The standard InChI is InChI=1S/C23H19N3O2/c1-17-6-8-19(9-7-17)23(27)28-25-22(15-26-13-12-24-16-26)21-11-10-18-4-2-3-5-20(18)14-21/h2-14,16H,15H2,1H3/b25-22+. The first-order valence-corrected chi connectivity index (χ1v) is 8.99. The summed E-state index contributed by atoms with van der Waals surface area (Å²) in [6, 6.07) is 21.4. The minimum absolute atomic E-state index is 0.444. The number of oxime groups is 1. The maximum Gasteiger partial charge on any atom is 0.365 e. The van der Waals surface area contributed by atoms with Crippen molar-refractivity contribution >= 4 is 22.5 Å². The van der Waals surface area contributed by atoms with Crippen LogP contribution in [0.15, 0.2) is 90.6 Å². The molecular weight excluding hydrogens is 350 g/mol. The Kier molecular flexibility index (Phi) is 4.97. The molecule has 4 aromatic rings. The van der Waals surface area contributed by atoms with Gasteiger partial charge in [0.1, 0.15) is 5.71 Å². The van der Waals surface area contributed by atoms with Crippen molar-refractivity contribution < 1.29 is 9.63 Å². The zero-order chi connectivity index (χ0) is 19.3. The predicted octanol–water partition coefficient (Wildman–Crippen LogP) is 4.61. The third kappa shape index (κ3) is 3.99. The Hall–Kier alpha value is -3.73. The Labute approximate surface area is 162 Å². The van der Waals surface area contributed by atoms with Crippen LogP contribution in [0, 0.1) is 6.92 Å². The van der Waals surface area contributed by atoms with Gasteiger partial charge in [0.05, 0.1) is 18.4 Å². The fourth-order valence-electron chi connectivity index (χ4n) is 2.93. The summed E-state index contributed by atoms with van der Waals surface area (Å²) in [5.41, 5.74) is 3.08. The molecule has 0 radical (unpaired) electrons. The minimum atomic E-state index is -0.482. The zero-order valence-electron chi connectivity index (χ0n) is 15.4. The van der Waals surface area contributed by atoms with E-state index in [2.05, 4.69) is 16.2 Å². The molecule has 4 rings (SSSR count). The van der Waals surface area contributed by atoms with E-state index in [4.69, 9.17) is 4.84 Å². The molecule has 0 atom stereocenters. The second kappa shape index (κ2) is 7.88. The summed E-state index contributed by atoms with van der Waals surface area (Å²) < 4.78 is 1.88. The molecule has 0 spiro atoms. The summed E-state index contributed by atoms with van der Waals surface area (Å²) in [4.78, 5) is 21.7. The number of hydrogen-bond acceptors (Lipinski definition) is 4. The first-order chi connectivity index (χ1) is 13.7. The number of fused-ring (bicyclic) bond motifs is 1. The van der Waals surface area contributed by atoms with Crippen molar-refractivity contribution in [1.82, 2.24) is 9.55 Å². The second-order valence-electron chi connectivity index (χ2n) is 6.58. The average molecular weight is 369 g/mol. The summed E-state index contributed by atoms with van der Waals surface area (Å²) >= 11 is 0. The molecule has 3 aromatic carbocycles. The highest BCUT2D eigenvalue weighted by atomic mass is 16.7. The molecule has 28 heavy (non-hydrogen) atoms. The van der Waals surface area contributed by atoms with E-state index in [1.54, 1.807) is 24.7 Å². The van der Waals surface area contributed by atoms with Gasteiger partial charge in [-0.3, -0.25) is 0 Å². The number of hydrogen-bond donors (Lipinski definition) is 0. The molecule has 0 aliphatic carbocycles. The van der Waals surface area contributed by atoms with Crippen LogP contribution in [0.25, 0.3) is 10.8 Å². The summed E-state index contributed by atoms with van der Waals surface area (Å²) in [6.07, 6.45) is 5.26. The quantitative estimate of drug-likeness (QED) is 0.293. The third-order valence-corrected chi connectivity index (χ3v) is 4.50. The molecule has 0 unspecified atom stereocenters. The van der Waals surface area contributed by atoms with Crippen molar-refractivity contribution in [3.63, 3.8) is 0 Å². The van der Waals surface area contributed by atoms with Gasteiger partial charge in [-0.1, -0.05) is 59.3 Å². The van der Waals surface area contributed by atoms with Gasteiger partial charge in [0.2, 0.25) is 0 Å². The van der Waals surface area contributed by atoms with E-state index in [1.807, 2.05) is 66.2 Å². The molecule has 0 fully saturated rings. The van der Waals surface area contributed by atoms with Gasteiger partial charge in [-0.05, 0) is 35.9 Å². The lowest BCUT2D eigenvalue weighted by Crippen LogP contribution is -2.13. The maximum atomic E-state index is 12.4. The summed E-state index contributed by atoms with van der Waals surface area (Å²) in [5, 5.41) is 6.44.